The zero-order valence-corrected chi connectivity index (χ0v) is 12.5. The highest BCUT2D eigenvalue weighted by Gasteiger charge is 2.36. The summed E-state index contributed by atoms with van der Waals surface area (Å²) in [5, 5.41) is 0. The highest BCUT2D eigenvalue weighted by molar-refractivity contribution is 9.10. The van der Waals surface area contributed by atoms with Gasteiger partial charge in [-0.05, 0) is 24.6 Å². The van der Waals surface area contributed by atoms with E-state index >= 15 is 0 Å². The fourth-order valence-corrected chi connectivity index (χ4v) is 2.39. The lowest BCUT2D eigenvalue weighted by atomic mass is 9.81. The van der Waals surface area contributed by atoms with Crippen LogP contribution in [0.15, 0.2) is 22.7 Å². The number of carbonyl (C=O) groups is 2. The Hall–Kier alpha value is -1.23. The number of halogens is 2. The molecule has 0 saturated carbocycles. The molecular formula is C14H15BrFNO2. The van der Waals surface area contributed by atoms with Crippen molar-refractivity contribution in [1.29, 1.82) is 0 Å². The molecule has 1 saturated heterocycles. The van der Waals surface area contributed by atoms with E-state index in [9.17, 15) is 14.0 Å². The molecule has 1 amide bonds. The van der Waals surface area contributed by atoms with Gasteiger partial charge >= 0.3 is 0 Å². The molecular weight excluding hydrogens is 313 g/mol. The maximum atomic E-state index is 13.7. The first kappa shape index (κ1) is 14.2. The van der Waals surface area contributed by atoms with Crippen LogP contribution in [0.25, 0.3) is 0 Å². The van der Waals surface area contributed by atoms with Gasteiger partial charge in [0.25, 0.3) is 5.91 Å². The van der Waals surface area contributed by atoms with Crippen molar-refractivity contribution < 1.29 is 14.0 Å². The van der Waals surface area contributed by atoms with E-state index in [0.717, 1.165) is 0 Å². The molecule has 0 unspecified atom stereocenters. The van der Waals surface area contributed by atoms with Crippen LogP contribution < -0.4 is 0 Å². The molecule has 1 heterocycles. The van der Waals surface area contributed by atoms with Crippen LogP contribution in [0.5, 0.6) is 0 Å². The number of hydrogen-bond acceptors (Lipinski definition) is 2. The maximum Gasteiger partial charge on any atom is 0.257 e. The Morgan fingerprint density at radius 2 is 2.11 bits per heavy atom. The van der Waals surface area contributed by atoms with Crippen molar-refractivity contribution >= 4 is 27.6 Å². The Bertz CT molecular complexity index is 542. The maximum absolute atomic E-state index is 13.7. The number of likely N-dealkylation sites (tertiary alicyclic amines) is 1. The van der Waals surface area contributed by atoms with E-state index in [1.807, 2.05) is 13.8 Å². The number of ketones is 1. The van der Waals surface area contributed by atoms with E-state index in [2.05, 4.69) is 15.9 Å². The summed E-state index contributed by atoms with van der Waals surface area (Å²) in [5.74, 6) is -0.976. The lowest BCUT2D eigenvalue weighted by Crippen LogP contribution is -2.47. The van der Waals surface area contributed by atoms with Crippen LogP contribution in [-0.4, -0.2) is 29.7 Å². The zero-order chi connectivity index (χ0) is 14.2. The van der Waals surface area contributed by atoms with E-state index < -0.39 is 17.1 Å². The summed E-state index contributed by atoms with van der Waals surface area (Å²) in [5.41, 5.74) is -0.394. The first-order chi connectivity index (χ1) is 8.81. The van der Waals surface area contributed by atoms with Crippen LogP contribution in [0.2, 0.25) is 0 Å². The molecule has 102 valence electrons. The summed E-state index contributed by atoms with van der Waals surface area (Å²) in [7, 11) is 0. The molecule has 5 heteroatoms. The van der Waals surface area contributed by atoms with Crippen molar-refractivity contribution in [2.24, 2.45) is 5.41 Å². The average molecular weight is 328 g/mol. The third-order valence-corrected chi connectivity index (χ3v) is 4.04. The number of carbonyl (C=O) groups excluding carboxylic acids is 2. The third kappa shape index (κ3) is 2.86. The number of piperidine rings is 1. The van der Waals surface area contributed by atoms with Crippen molar-refractivity contribution in [2.45, 2.75) is 20.3 Å². The molecule has 1 fully saturated rings. The zero-order valence-electron chi connectivity index (χ0n) is 10.9. The van der Waals surface area contributed by atoms with Crippen LogP contribution in [0, 0.1) is 11.2 Å². The number of nitrogens with zero attached hydrogens (tertiary/aromatic N) is 1. The largest absolute Gasteiger partial charge is 0.331 e. The van der Waals surface area contributed by atoms with Gasteiger partial charge in [-0.2, -0.15) is 0 Å². The molecule has 2 rings (SSSR count). The molecule has 0 aromatic heterocycles. The van der Waals surface area contributed by atoms with Gasteiger partial charge in [-0.1, -0.05) is 29.8 Å². The van der Waals surface area contributed by atoms with Crippen LogP contribution in [0.4, 0.5) is 4.39 Å². The van der Waals surface area contributed by atoms with E-state index in [4.69, 9.17) is 0 Å². The highest BCUT2D eigenvalue weighted by atomic mass is 79.9. The normalized spacial score (nSPS) is 18.5. The Labute approximate surface area is 119 Å². The first-order valence-corrected chi connectivity index (χ1v) is 6.88. The minimum absolute atomic E-state index is 0.00174. The standard InChI is InChI=1S/C14H15BrFNO2/c1-14(2)5-6-17(8-12(14)18)13(19)10-7-9(15)3-4-11(10)16/h3-4,7H,5-6,8H2,1-2H3. The van der Waals surface area contributed by atoms with Crippen molar-refractivity contribution in [3.8, 4) is 0 Å². The van der Waals surface area contributed by atoms with Crippen LogP contribution in [-0.2, 0) is 4.79 Å². The molecule has 0 radical (unpaired) electrons. The number of rotatable bonds is 1. The number of Topliss-reactive ketones (excluding diaryl/α,β-unsaturated/α-hetero) is 1. The topological polar surface area (TPSA) is 37.4 Å². The Balaban J connectivity index is 2.22. The van der Waals surface area contributed by atoms with Crippen molar-refractivity contribution in [3.63, 3.8) is 0 Å². The minimum atomic E-state index is -0.564. The molecule has 0 atom stereocenters. The SMILES string of the molecule is CC1(C)CCN(C(=O)c2cc(Br)ccc2F)CC1=O. The van der Waals surface area contributed by atoms with Gasteiger partial charge in [0, 0.05) is 16.4 Å². The fourth-order valence-electron chi connectivity index (χ4n) is 2.03. The van der Waals surface area contributed by atoms with Gasteiger partial charge in [0.15, 0.2) is 5.78 Å². The Morgan fingerprint density at radius 1 is 1.42 bits per heavy atom. The van der Waals surface area contributed by atoms with Crippen LogP contribution in [0.3, 0.4) is 0 Å². The monoisotopic (exact) mass is 327 g/mol. The van der Waals surface area contributed by atoms with Crippen LogP contribution >= 0.6 is 15.9 Å². The van der Waals surface area contributed by atoms with Gasteiger partial charge in [-0.25, -0.2) is 4.39 Å². The lowest BCUT2D eigenvalue weighted by Gasteiger charge is -2.35. The summed E-state index contributed by atoms with van der Waals surface area (Å²) in [6.07, 6.45) is 0.604. The predicted octanol–water partition coefficient (Wildman–Crippen LogP) is 3.03. The second-order valence-corrected chi connectivity index (χ2v) is 6.32. The molecule has 1 aliphatic rings. The smallest absolute Gasteiger partial charge is 0.257 e. The Morgan fingerprint density at radius 3 is 2.74 bits per heavy atom. The van der Waals surface area contributed by atoms with Gasteiger partial charge in [0.05, 0.1) is 12.1 Å². The van der Waals surface area contributed by atoms with Crippen molar-refractivity contribution in [2.75, 3.05) is 13.1 Å². The number of amides is 1. The van der Waals surface area contributed by atoms with Gasteiger partial charge in [-0.15, -0.1) is 0 Å². The number of hydrogen-bond donors (Lipinski definition) is 0. The quantitative estimate of drug-likeness (QED) is 0.795. The summed E-state index contributed by atoms with van der Waals surface area (Å²) in [6.45, 7) is 4.27. The molecule has 3 nitrogen and oxygen atoms in total. The van der Waals surface area contributed by atoms with E-state index in [0.29, 0.717) is 17.4 Å². The lowest BCUT2D eigenvalue weighted by molar-refractivity contribution is -0.130. The molecule has 0 N–H and O–H groups in total. The first-order valence-electron chi connectivity index (χ1n) is 6.09. The van der Waals surface area contributed by atoms with Crippen molar-refractivity contribution in [3.05, 3.63) is 34.1 Å². The molecule has 19 heavy (non-hydrogen) atoms. The summed E-state index contributed by atoms with van der Waals surface area (Å²) >= 11 is 3.21. The number of benzene rings is 1. The molecule has 0 aliphatic carbocycles. The van der Waals surface area contributed by atoms with Gasteiger partial charge in [0.2, 0.25) is 0 Å². The highest BCUT2D eigenvalue weighted by Crippen LogP contribution is 2.28. The predicted molar refractivity (Wildman–Crippen MR) is 73.4 cm³/mol. The van der Waals surface area contributed by atoms with E-state index in [1.165, 1.54) is 23.1 Å². The fraction of sp³-hybridized carbons (Fsp3) is 0.429. The third-order valence-electron chi connectivity index (χ3n) is 3.54. The molecule has 1 aliphatic heterocycles. The van der Waals surface area contributed by atoms with Gasteiger partial charge < -0.3 is 4.90 Å². The van der Waals surface area contributed by atoms with Crippen molar-refractivity contribution in [1.82, 2.24) is 4.90 Å². The molecule has 0 spiro atoms. The summed E-state index contributed by atoms with van der Waals surface area (Å²) in [4.78, 5) is 25.6. The summed E-state index contributed by atoms with van der Waals surface area (Å²) < 4.78 is 14.3. The summed E-state index contributed by atoms with van der Waals surface area (Å²) in [6, 6.07) is 4.23. The molecule has 1 aromatic carbocycles. The minimum Gasteiger partial charge on any atom is -0.331 e. The van der Waals surface area contributed by atoms with E-state index in [-0.39, 0.29) is 17.9 Å². The average Bonchev–Trinajstić information content (AvgIpc) is 2.35. The van der Waals surface area contributed by atoms with Gasteiger partial charge in [-0.3, -0.25) is 9.59 Å². The second kappa shape index (κ2) is 5.04. The van der Waals surface area contributed by atoms with Crippen LogP contribution in [0.1, 0.15) is 30.6 Å². The van der Waals surface area contributed by atoms with E-state index in [1.54, 1.807) is 0 Å². The Kier molecular flexibility index (Phi) is 3.76. The molecule has 1 aromatic rings. The molecule has 0 bridgehead atoms. The van der Waals surface area contributed by atoms with Gasteiger partial charge in [0.1, 0.15) is 5.82 Å². The second-order valence-electron chi connectivity index (χ2n) is 5.41.